The molecule has 5 aromatic rings. The van der Waals surface area contributed by atoms with Crippen LogP contribution in [0.4, 0.5) is 17.6 Å². The van der Waals surface area contributed by atoms with Crippen molar-refractivity contribution in [3.8, 4) is 16.9 Å². The second kappa shape index (κ2) is 8.71. The third-order valence-electron chi connectivity index (χ3n) is 6.29. The van der Waals surface area contributed by atoms with Crippen molar-refractivity contribution in [2.45, 2.75) is 12.7 Å². The van der Waals surface area contributed by atoms with Gasteiger partial charge in [-0.1, -0.05) is 36.4 Å². The fraction of sp³-hybridized carbons (Fsp3) is 0.107. The van der Waals surface area contributed by atoms with E-state index in [0.29, 0.717) is 33.8 Å². The Morgan fingerprint density at radius 1 is 0.917 bits per heavy atom. The van der Waals surface area contributed by atoms with Gasteiger partial charge in [0, 0.05) is 21.9 Å². The molecule has 1 aromatic heterocycles. The number of carbonyl (C=O) groups is 1. The van der Waals surface area contributed by atoms with E-state index in [4.69, 9.17) is 10.5 Å². The van der Waals surface area contributed by atoms with Gasteiger partial charge >= 0.3 is 6.18 Å². The first kappa shape index (κ1) is 23.4. The molecule has 0 radical (unpaired) electrons. The van der Waals surface area contributed by atoms with Crippen LogP contribution < -0.4 is 10.5 Å². The standard InChI is InChI=1S/C28H20F4N2O2/c1-36-20-10-6-16(7-11-20)17-8-12-21-25(13-17)34(24-4-2-3-22(26(21)24)27(33)35)15-18-5-9-19(14-23(18)29)28(30,31)32/h2-14H,15H2,1H3,(H2,33,35). The summed E-state index contributed by atoms with van der Waals surface area (Å²) in [6.07, 6.45) is -4.64. The van der Waals surface area contributed by atoms with Gasteiger partial charge in [0.25, 0.3) is 0 Å². The lowest BCUT2D eigenvalue weighted by molar-refractivity contribution is -0.137. The molecule has 0 unspecified atom stereocenters. The summed E-state index contributed by atoms with van der Waals surface area (Å²) >= 11 is 0. The average molecular weight is 492 g/mol. The van der Waals surface area contributed by atoms with Gasteiger partial charge in [0.05, 0.1) is 30.3 Å². The van der Waals surface area contributed by atoms with E-state index in [0.717, 1.165) is 28.6 Å². The summed E-state index contributed by atoms with van der Waals surface area (Å²) in [5.74, 6) is -0.866. The second-order valence-corrected chi connectivity index (χ2v) is 8.41. The SMILES string of the molecule is COc1ccc(-c2ccc3c4c(C(N)=O)cccc4n(Cc4ccc(C(F)(F)F)cc4F)c3c2)cc1. The maximum absolute atomic E-state index is 14.8. The smallest absolute Gasteiger partial charge is 0.416 e. The summed E-state index contributed by atoms with van der Waals surface area (Å²) in [6, 6.07) is 20.7. The highest BCUT2D eigenvalue weighted by Crippen LogP contribution is 2.36. The van der Waals surface area contributed by atoms with Crippen LogP contribution in [-0.4, -0.2) is 17.6 Å². The molecule has 0 bridgehead atoms. The van der Waals surface area contributed by atoms with Gasteiger partial charge in [-0.2, -0.15) is 13.2 Å². The Labute approximate surface area is 203 Å². The van der Waals surface area contributed by atoms with Gasteiger partial charge in [0.1, 0.15) is 11.6 Å². The number of benzene rings is 4. The minimum atomic E-state index is -4.64. The van der Waals surface area contributed by atoms with Gasteiger partial charge in [0.15, 0.2) is 0 Å². The van der Waals surface area contributed by atoms with Crippen molar-refractivity contribution in [3.05, 3.63) is 101 Å². The van der Waals surface area contributed by atoms with Crippen LogP contribution in [0, 0.1) is 5.82 Å². The van der Waals surface area contributed by atoms with E-state index < -0.39 is 23.5 Å². The highest BCUT2D eigenvalue weighted by Gasteiger charge is 2.31. The fourth-order valence-corrected chi connectivity index (χ4v) is 4.51. The molecule has 4 aromatic carbocycles. The number of ether oxygens (including phenoxy) is 1. The minimum absolute atomic E-state index is 0.0434. The summed E-state index contributed by atoms with van der Waals surface area (Å²) in [6.45, 7) is -0.0434. The van der Waals surface area contributed by atoms with Gasteiger partial charge in [-0.15, -0.1) is 0 Å². The molecule has 0 aliphatic rings. The van der Waals surface area contributed by atoms with Crippen LogP contribution in [0.5, 0.6) is 5.75 Å². The van der Waals surface area contributed by atoms with Crippen LogP contribution in [0.1, 0.15) is 21.5 Å². The predicted molar refractivity (Wildman–Crippen MR) is 130 cm³/mol. The Kier molecular flexibility index (Phi) is 5.67. The van der Waals surface area contributed by atoms with Gasteiger partial charge in [0.2, 0.25) is 5.91 Å². The number of fused-ring (bicyclic) bond motifs is 3. The molecule has 8 heteroatoms. The molecule has 36 heavy (non-hydrogen) atoms. The molecule has 0 atom stereocenters. The second-order valence-electron chi connectivity index (χ2n) is 8.41. The number of nitrogens with zero attached hydrogens (tertiary/aromatic N) is 1. The number of amides is 1. The quantitative estimate of drug-likeness (QED) is 0.275. The molecule has 182 valence electrons. The van der Waals surface area contributed by atoms with Crippen molar-refractivity contribution < 1.29 is 27.1 Å². The van der Waals surface area contributed by atoms with Crippen LogP contribution in [0.2, 0.25) is 0 Å². The van der Waals surface area contributed by atoms with Crippen LogP contribution in [0.3, 0.4) is 0 Å². The molecule has 0 aliphatic carbocycles. The van der Waals surface area contributed by atoms with Crippen molar-refractivity contribution in [1.29, 1.82) is 0 Å². The molecular formula is C28H20F4N2O2. The average Bonchev–Trinajstić information content (AvgIpc) is 3.17. The van der Waals surface area contributed by atoms with E-state index in [1.54, 1.807) is 29.9 Å². The Bertz CT molecular complexity index is 1620. The zero-order valence-electron chi connectivity index (χ0n) is 19.1. The number of nitrogens with two attached hydrogens (primary N) is 1. The van der Waals surface area contributed by atoms with E-state index in [1.807, 2.05) is 42.5 Å². The molecule has 2 N–H and O–H groups in total. The molecule has 0 saturated carbocycles. The lowest BCUT2D eigenvalue weighted by Crippen LogP contribution is -2.11. The molecule has 0 saturated heterocycles. The van der Waals surface area contributed by atoms with E-state index in [2.05, 4.69) is 0 Å². The first-order valence-corrected chi connectivity index (χ1v) is 11.0. The molecule has 4 nitrogen and oxygen atoms in total. The molecule has 0 fully saturated rings. The maximum atomic E-state index is 14.8. The molecule has 5 rings (SSSR count). The van der Waals surface area contributed by atoms with Crippen LogP contribution >= 0.6 is 0 Å². The number of primary amides is 1. The zero-order chi connectivity index (χ0) is 25.6. The third kappa shape index (κ3) is 4.04. The summed E-state index contributed by atoms with van der Waals surface area (Å²) in [4.78, 5) is 12.2. The summed E-state index contributed by atoms with van der Waals surface area (Å²) in [5.41, 5.74) is 8.05. The Balaban J connectivity index is 1.72. The summed E-state index contributed by atoms with van der Waals surface area (Å²) in [7, 11) is 1.58. The van der Waals surface area contributed by atoms with Gasteiger partial charge in [-0.25, -0.2) is 4.39 Å². The normalized spacial score (nSPS) is 11.8. The molecule has 0 spiro atoms. The molecule has 1 heterocycles. The Hall–Kier alpha value is -4.33. The first-order chi connectivity index (χ1) is 17.2. The number of carbonyl (C=O) groups excluding carboxylic acids is 1. The van der Waals surface area contributed by atoms with E-state index in [-0.39, 0.29) is 12.1 Å². The number of aromatic nitrogens is 1. The highest BCUT2D eigenvalue weighted by molar-refractivity contribution is 6.18. The lowest BCUT2D eigenvalue weighted by Gasteiger charge is -2.12. The topological polar surface area (TPSA) is 57.2 Å². The number of rotatable bonds is 5. The number of methoxy groups -OCH3 is 1. The van der Waals surface area contributed by atoms with E-state index >= 15 is 0 Å². The van der Waals surface area contributed by atoms with Crippen molar-refractivity contribution in [2.24, 2.45) is 5.73 Å². The fourth-order valence-electron chi connectivity index (χ4n) is 4.51. The summed E-state index contributed by atoms with van der Waals surface area (Å²) < 4.78 is 60.9. The number of hydrogen-bond acceptors (Lipinski definition) is 2. The lowest BCUT2D eigenvalue weighted by atomic mass is 10.0. The number of hydrogen-bond donors (Lipinski definition) is 1. The van der Waals surface area contributed by atoms with Crippen LogP contribution in [0.25, 0.3) is 32.9 Å². The maximum Gasteiger partial charge on any atom is 0.416 e. The first-order valence-electron chi connectivity index (χ1n) is 11.0. The van der Waals surface area contributed by atoms with Crippen molar-refractivity contribution in [1.82, 2.24) is 4.57 Å². The van der Waals surface area contributed by atoms with Crippen molar-refractivity contribution in [2.75, 3.05) is 7.11 Å². The van der Waals surface area contributed by atoms with Crippen LogP contribution in [0.15, 0.2) is 78.9 Å². The van der Waals surface area contributed by atoms with E-state index in [1.165, 1.54) is 0 Å². The van der Waals surface area contributed by atoms with Crippen molar-refractivity contribution in [3.63, 3.8) is 0 Å². The summed E-state index contributed by atoms with van der Waals surface area (Å²) in [5, 5.41) is 1.33. The Morgan fingerprint density at radius 2 is 1.64 bits per heavy atom. The number of halogens is 4. The van der Waals surface area contributed by atoms with Gasteiger partial charge < -0.3 is 15.0 Å². The van der Waals surface area contributed by atoms with Crippen molar-refractivity contribution >= 4 is 27.7 Å². The van der Waals surface area contributed by atoms with E-state index in [9.17, 15) is 22.4 Å². The minimum Gasteiger partial charge on any atom is -0.497 e. The van der Waals surface area contributed by atoms with Gasteiger partial charge in [-0.05, 0) is 53.6 Å². The zero-order valence-corrected chi connectivity index (χ0v) is 19.1. The largest absolute Gasteiger partial charge is 0.497 e. The number of alkyl halides is 3. The van der Waals surface area contributed by atoms with Crippen LogP contribution in [-0.2, 0) is 12.7 Å². The highest BCUT2D eigenvalue weighted by atomic mass is 19.4. The van der Waals surface area contributed by atoms with Gasteiger partial charge in [-0.3, -0.25) is 4.79 Å². The monoisotopic (exact) mass is 492 g/mol. The molecule has 1 amide bonds. The predicted octanol–water partition coefficient (Wildman–Crippen LogP) is 6.78. The Morgan fingerprint density at radius 3 is 2.28 bits per heavy atom. The third-order valence-corrected chi connectivity index (χ3v) is 6.29. The molecular weight excluding hydrogens is 472 g/mol. The molecule has 0 aliphatic heterocycles.